The van der Waals surface area contributed by atoms with E-state index in [1.807, 2.05) is 0 Å². The Hall–Kier alpha value is -3.67. The molecule has 0 radical (unpaired) electrons. The van der Waals surface area contributed by atoms with Crippen LogP contribution in [0.15, 0.2) is 52.2 Å². The molecule has 170 valence electrons. The number of hydrogen-bond donors (Lipinski definition) is 1. The second-order valence-electron chi connectivity index (χ2n) is 7.56. The molecule has 11 nitrogen and oxygen atoms in total. The highest BCUT2D eigenvalue weighted by Crippen LogP contribution is 2.28. The number of nitrogens with one attached hydrogen (secondary N) is 1. The molecule has 3 rings (SSSR count). The maximum Gasteiger partial charge on any atom is 0.328 e. The van der Waals surface area contributed by atoms with Gasteiger partial charge in [-0.15, -0.1) is 0 Å². The predicted octanol–water partition coefficient (Wildman–Crippen LogP) is 1.51. The number of fused-ring (bicyclic) bond motifs is 1. The minimum atomic E-state index is -4.31. The quantitative estimate of drug-likeness (QED) is 0.418. The molecule has 1 amide bonds. The molecular weight excluding hydrogens is 438 g/mol. The van der Waals surface area contributed by atoms with Crippen molar-refractivity contribution in [2.24, 2.45) is 14.1 Å². The topological polar surface area (TPSA) is 137 Å². The summed E-state index contributed by atoms with van der Waals surface area (Å²) in [6, 6.07) is 9.00. The van der Waals surface area contributed by atoms with Gasteiger partial charge < -0.3 is 5.32 Å². The van der Waals surface area contributed by atoms with Crippen LogP contribution < -0.4 is 15.3 Å². The highest BCUT2D eigenvalue weighted by atomic mass is 32.2. The van der Waals surface area contributed by atoms with Crippen LogP contribution in [-0.4, -0.2) is 41.0 Å². The van der Waals surface area contributed by atoms with Gasteiger partial charge in [-0.25, -0.2) is 13.2 Å². The lowest BCUT2D eigenvalue weighted by atomic mass is 10.3. The van der Waals surface area contributed by atoms with Crippen molar-refractivity contribution in [3.05, 3.63) is 63.1 Å². The fourth-order valence-electron chi connectivity index (χ4n) is 3.35. The molecule has 0 saturated heterocycles. The summed E-state index contributed by atoms with van der Waals surface area (Å²) in [6.07, 6.45) is 0. The molecule has 1 N–H and O–H groups in total. The van der Waals surface area contributed by atoms with Gasteiger partial charge in [0.15, 0.2) is 0 Å². The largest absolute Gasteiger partial charge is 0.352 e. The van der Waals surface area contributed by atoms with Crippen molar-refractivity contribution in [1.82, 2.24) is 14.5 Å². The minimum Gasteiger partial charge on any atom is -0.352 e. The molecule has 0 aliphatic carbocycles. The third-order valence-corrected chi connectivity index (χ3v) is 6.67. The molecule has 0 spiro atoms. The van der Waals surface area contributed by atoms with Crippen molar-refractivity contribution < 1.29 is 18.1 Å². The lowest BCUT2D eigenvalue weighted by Crippen LogP contribution is -2.42. The van der Waals surface area contributed by atoms with E-state index in [9.17, 15) is 28.1 Å². The van der Waals surface area contributed by atoms with Crippen LogP contribution in [0, 0.1) is 10.1 Å². The van der Waals surface area contributed by atoms with Gasteiger partial charge in [0, 0.05) is 32.3 Å². The molecule has 3 aromatic rings. The average molecular weight is 462 g/mol. The first kappa shape index (κ1) is 23.0. The van der Waals surface area contributed by atoms with Crippen LogP contribution in [0.3, 0.4) is 0 Å². The average Bonchev–Trinajstić information content (AvgIpc) is 2.95. The number of nitro benzene ring substituents is 1. The normalized spacial score (nSPS) is 11.7. The molecule has 1 heterocycles. The number of nitrogens with zero attached hydrogens (tertiary/aromatic N) is 4. The van der Waals surface area contributed by atoms with Crippen LogP contribution in [0.25, 0.3) is 11.0 Å². The second-order valence-corrected chi connectivity index (χ2v) is 9.42. The molecule has 0 fully saturated rings. The number of nitro groups is 1. The van der Waals surface area contributed by atoms with Crippen LogP contribution in [0.5, 0.6) is 0 Å². The first-order chi connectivity index (χ1) is 14.9. The number of carbonyl (C=O) groups excluding carboxylic acids is 1. The van der Waals surface area contributed by atoms with Gasteiger partial charge >= 0.3 is 5.69 Å². The Morgan fingerprint density at radius 3 is 2.41 bits per heavy atom. The van der Waals surface area contributed by atoms with E-state index in [2.05, 4.69) is 5.32 Å². The number of sulfonamides is 1. The molecule has 0 saturated carbocycles. The lowest BCUT2D eigenvalue weighted by molar-refractivity contribution is -0.384. The van der Waals surface area contributed by atoms with Crippen molar-refractivity contribution in [2.45, 2.75) is 24.8 Å². The standard InChI is InChI=1S/C20H23N5O6S/c1-13(2)21-19(26)12-24(14-6-5-7-15(10-14)25(28)29)32(30,31)16-8-9-17-18(11-16)23(4)20(27)22(17)3/h5-11,13H,12H2,1-4H3,(H,21,26). The number of aromatic nitrogens is 2. The van der Waals surface area contributed by atoms with Gasteiger partial charge in [-0.05, 0) is 38.1 Å². The van der Waals surface area contributed by atoms with E-state index in [1.54, 1.807) is 20.9 Å². The Morgan fingerprint density at radius 2 is 1.78 bits per heavy atom. The summed E-state index contributed by atoms with van der Waals surface area (Å²) in [4.78, 5) is 35.1. The van der Waals surface area contributed by atoms with E-state index in [-0.39, 0.29) is 28.0 Å². The molecule has 0 unspecified atom stereocenters. The van der Waals surface area contributed by atoms with E-state index in [1.165, 1.54) is 52.6 Å². The van der Waals surface area contributed by atoms with Gasteiger partial charge in [-0.1, -0.05) is 6.07 Å². The summed E-state index contributed by atoms with van der Waals surface area (Å²) in [7, 11) is -1.22. The first-order valence-corrected chi connectivity index (χ1v) is 11.1. The SMILES string of the molecule is CC(C)NC(=O)CN(c1cccc([N+](=O)[O-])c1)S(=O)(=O)c1ccc2c(c1)n(C)c(=O)n2C. The van der Waals surface area contributed by atoms with Crippen molar-refractivity contribution in [1.29, 1.82) is 0 Å². The Morgan fingerprint density at radius 1 is 1.12 bits per heavy atom. The summed E-state index contributed by atoms with van der Waals surface area (Å²) < 4.78 is 30.7. The molecule has 32 heavy (non-hydrogen) atoms. The minimum absolute atomic E-state index is 0.0276. The summed E-state index contributed by atoms with van der Waals surface area (Å²) in [5.74, 6) is -0.566. The van der Waals surface area contributed by atoms with E-state index in [4.69, 9.17) is 0 Å². The molecule has 12 heteroatoms. The summed E-state index contributed by atoms with van der Waals surface area (Å²) in [5, 5.41) is 13.8. The molecule has 2 aromatic carbocycles. The molecule has 0 aliphatic rings. The van der Waals surface area contributed by atoms with Crippen LogP contribution in [0.1, 0.15) is 13.8 Å². The number of benzene rings is 2. The van der Waals surface area contributed by atoms with Gasteiger partial charge in [0.2, 0.25) is 5.91 Å². The smallest absolute Gasteiger partial charge is 0.328 e. The number of anilines is 1. The second kappa shape index (κ2) is 8.46. The van der Waals surface area contributed by atoms with Gasteiger partial charge in [0.1, 0.15) is 6.54 Å². The van der Waals surface area contributed by atoms with Gasteiger partial charge in [0.25, 0.3) is 15.7 Å². The lowest BCUT2D eigenvalue weighted by Gasteiger charge is -2.24. The molecule has 1 aromatic heterocycles. The number of non-ortho nitro benzene ring substituents is 1. The Bertz CT molecular complexity index is 1370. The maximum absolute atomic E-state index is 13.6. The fraction of sp³-hybridized carbons (Fsp3) is 0.300. The molecule has 0 aliphatic heterocycles. The first-order valence-electron chi connectivity index (χ1n) is 9.65. The van der Waals surface area contributed by atoms with Gasteiger partial charge in [-0.2, -0.15) is 0 Å². The number of carbonyl (C=O) groups is 1. The Labute approximate surface area is 184 Å². The summed E-state index contributed by atoms with van der Waals surface area (Å²) in [6.45, 7) is 2.88. The highest BCUT2D eigenvalue weighted by Gasteiger charge is 2.29. The Balaban J connectivity index is 2.16. The number of rotatable bonds is 7. The van der Waals surface area contributed by atoms with Crippen LogP contribution in [0.4, 0.5) is 11.4 Å². The van der Waals surface area contributed by atoms with Crippen molar-refractivity contribution in [3.8, 4) is 0 Å². The summed E-state index contributed by atoms with van der Waals surface area (Å²) in [5.41, 5.74) is 0.273. The third kappa shape index (κ3) is 4.21. The van der Waals surface area contributed by atoms with E-state index >= 15 is 0 Å². The molecule has 0 bridgehead atoms. The number of amides is 1. The van der Waals surface area contributed by atoms with E-state index in [0.29, 0.717) is 11.0 Å². The number of aryl methyl sites for hydroxylation is 2. The predicted molar refractivity (Wildman–Crippen MR) is 119 cm³/mol. The molecular formula is C20H23N5O6S. The third-order valence-electron chi connectivity index (χ3n) is 4.90. The van der Waals surface area contributed by atoms with Crippen LogP contribution >= 0.6 is 0 Å². The number of imidazole rings is 1. The zero-order valence-corrected chi connectivity index (χ0v) is 18.8. The zero-order chi connectivity index (χ0) is 23.8. The monoisotopic (exact) mass is 461 g/mol. The van der Waals surface area contributed by atoms with Crippen LogP contribution in [0.2, 0.25) is 0 Å². The van der Waals surface area contributed by atoms with Gasteiger partial charge in [-0.3, -0.25) is 28.3 Å². The van der Waals surface area contributed by atoms with Gasteiger partial charge in [0.05, 0.1) is 26.5 Å². The number of hydrogen-bond acceptors (Lipinski definition) is 6. The fourth-order valence-corrected chi connectivity index (χ4v) is 4.78. The zero-order valence-electron chi connectivity index (χ0n) is 18.0. The summed E-state index contributed by atoms with van der Waals surface area (Å²) >= 11 is 0. The maximum atomic E-state index is 13.6. The van der Waals surface area contributed by atoms with Crippen molar-refractivity contribution in [3.63, 3.8) is 0 Å². The highest BCUT2D eigenvalue weighted by molar-refractivity contribution is 7.92. The molecule has 0 atom stereocenters. The van der Waals surface area contributed by atoms with Crippen molar-refractivity contribution >= 4 is 38.3 Å². The van der Waals surface area contributed by atoms with Crippen molar-refractivity contribution in [2.75, 3.05) is 10.8 Å². The van der Waals surface area contributed by atoms with E-state index in [0.717, 1.165) is 10.4 Å². The van der Waals surface area contributed by atoms with E-state index < -0.39 is 27.4 Å². The van der Waals surface area contributed by atoms with Crippen LogP contribution in [-0.2, 0) is 28.9 Å². The Kier molecular flexibility index (Phi) is 6.08.